The summed E-state index contributed by atoms with van der Waals surface area (Å²) in [4.78, 5) is 0. The molecule has 1 heterocycles. The lowest BCUT2D eigenvalue weighted by atomic mass is 9.96. The fourth-order valence-corrected chi connectivity index (χ4v) is 2.20. The zero-order valence-electron chi connectivity index (χ0n) is 10.6. The number of rotatable bonds is 1. The van der Waals surface area contributed by atoms with Gasteiger partial charge in [-0.2, -0.15) is 13.2 Å². The zero-order chi connectivity index (χ0) is 15.1. The molecule has 0 bridgehead atoms. The molecule has 1 aliphatic heterocycles. The predicted octanol–water partition coefficient (Wildman–Crippen LogP) is 3.54. The third-order valence-corrected chi connectivity index (χ3v) is 3.17. The largest absolute Gasteiger partial charge is 0.422 e. The molecule has 0 radical (unpaired) electrons. The standard InChI is InChI=1S/C13H13F5N2/c1-6-2-3-20-9(4-6)10-8(19)5-7(14)11(12(10)15)13(16,17)18/h4-6,20H,2-3,19H2,1H3. The van der Waals surface area contributed by atoms with Crippen molar-refractivity contribution in [1.82, 2.24) is 5.32 Å². The highest BCUT2D eigenvalue weighted by molar-refractivity contribution is 5.76. The Balaban J connectivity index is 2.65. The van der Waals surface area contributed by atoms with Crippen LogP contribution in [0.25, 0.3) is 5.70 Å². The number of nitrogen functional groups attached to an aromatic ring is 1. The van der Waals surface area contributed by atoms with Gasteiger partial charge in [0.25, 0.3) is 0 Å². The summed E-state index contributed by atoms with van der Waals surface area (Å²) in [5.74, 6) is -3.31. The maximum Gasteiger partial charge on any atom is 0.422 e. The van der Waals surface area contributed by atoms with Gasteiger partial charge in [-0.3, -0.25) is 0 Å². The van der Waals surface area contributed by atoms with Gasteiger partial charge in [-0.15, -0.1) is 0 Å². The monoisotopic (exact) mass is 292 g/mol. The topological polar surface area (TPSA) is 38.0 Å². The minimum atomic E-state index is -5.11. The number of nitrogens with two attached hydrogens (primary N) is 1. The van der Waals surface area contributed by atoms with Crippen LogP contribution >= 0.6 is 0 Å². The van der Waals surface area contributed by atoms with Crippen LogP contribution in [0.5, 0.6) is 0 Å². The van der Waals surface area contributed by atoms with Crippen molar-refractivity contribution in [1.29, 1.82) is 0 Å². The van der Waals surface area contributed by atoms with Gasteiger partial charge in [-0.05, 0) is 18.4 Å². The molecule has 0 spiro atoms. The summed E-state index contributed by atoms with van der Waals surface area (Å²) in [6, 6.07) is 0.503. The maximum atomic E-state index is 14.1. The molecule has 1 aliphatic rings. The van der Waals surface area contributed by atoms with Crippen LogP contribution in [0, 0.1) is 17.6 Å². The van der Waals surface area contributed by atoms with Crippen molar-refractivity contribution >= 4 is 11.4 Å². The van der Waals surface area contributed by atoms with E-state index in [2.05, 4.69) is 5.32 Å². The lowest BCUT2D eigenvalue weighted by molar-refractivity contribution is -0.142. The van der Waals surface area contributed by atoms with Gasteiger partial charge in [0.2, 0.25) is 0 Å². The number of nitrogens with one attached hydrogen (secondary N) is 1. The quantitative estimate of drug-likeness (QED) is 0.614. The highest BCUT2D eigenvalue weighted by Crippen LogP contribution is 2.38. The summed E-state index contributed by atoms with van der Waals surface area (Å²) in [6.07, 6.45) is -2.74. The number of halogens is 5. The molecule has 1 aromatic rings. The normalized spacial score (nSPS) is 19.5. The molecule has 0 saturated carbocycles. The molecular formula is C13H13F5N2. The summed E-state index contributed by atoms with van der Waals surface area (Å²) in [5.41, 5.74) is 2.95. The third kappa shape index (κ3) is 2.57. The molecule has 0 aromatic heterocycles. The van der Waals surface area contributed by atoms with E-state index in [0.29, 0.717) is 12.6 Å². The molecule has 20 heavy (non-hydrogen) atoms. The van der Waals surface area contributed by atoms with Gasteiger partial charge in [0.15, 0.2) is 0 Å². The molecule has 1 aromatic carbocycles. The Morgan fingerprint density at radius 3 is 2.50 bits per heavy atom. The molecule has 0 amide bonds. The Hall–Kier alpha value is -1.79. The van der Waals surface area contributed by atoms with Gasteiger partial charge in [-0.25, -0.2) is 8.78 Å². The molecule has 1 unspecified atom stereocenters. The van der Waals surface area contributed by atoms with Crippen LogP contribution in [0.2, 0.25) is 0 Å². The fraction of sp³-hybridized carbons (Fsp3) is 0.385. The summed E-state index contributed by atoms with van der Waals surface area (Å²) in [5, 5.41) is 2.80. The second-order valence-corrected chi connectivity index (χ2v) is 4.78. The average molecular weight is 292 g/mol. The van der Waals surface area contributed by atoms with Crippen LogP contribution in [-0.4, -0.2) is 6.54 Å². The lowest BCUT2D eigenvalue weighted by Crippen LogP contribution is -2.24. The lowest BCUT2D eigenvalue weighted by Gasteiger charge is -2.23. The molecule has 110 valence electrons. The van der Waals surface area contributed by atoms with E-state index in [4.69, 9.17) is 5.73 Å². The van der Waals surface area contributed by atoms with Crippen LogP contribution < -0.4 is 11.1 Å². The first-order chi connectivity index (χ1) is 9.21. The second-order valence-electron chi connectivity index (χ2n) is 4.78. The van der Waals surface area contributed by atoms with Crippen molar-refractivity contribution in [2.45, 2.75) is 19.5 Å². The van der Waals surface area contributed by atoms with Gasteiger partial charge >= 0.3 is 6.18 Å². The van der Waals surface area contributed by atoms with Crippen molar-refractivity contribution in [3.8, 4) is 0 Å². The van der Waals surface area contributed by atoms with Gasteiger partial charge in [-0.1, -0.05) is 13.0 Å². The van der Waals surface area contributed by atoms with Gasteiger partial charge in [0, 0.05) is 17.9 Å². The second kappa shape index (κ2) is 4.96. The summed E-state index contributed by atoms with van der Waals surface area (Å²) >= 11 is 0. The number of hydrogen-bond acceptors (Lipinski definition) is 2. The number of allylic oxidation sites excluding steroid dienone is 1. The maximum absolute atomic E-state index is 14.1. The molecule has 3 N–H and O–H groups in total. The molecule has 2 rings (SSSR count). The number of benzene rings is 1. The van der Waals surface area contributed by atoms with E-state index in [1.165, 1.54) is 0 Å². The summed E-state index contributed by atoms with van der Waals surface area (Å²) < 4.78 is 65.5. The minimum Gasteiger partial charge on any atom is -0.398 e. The Morgan fingerprint density at radius 1 is 1.30 bits per heavy atom. The zero-order valence-corrected chi connectivity index (χ0v) is 10.6. The smallest absolute Gasteiger partial charge is 0.398 e. The highest BCUT2D eigenvalue weighted by atomic mass is 19.4. The molecule has 2 nitrogen and oxygen atoms in total. The number of alkyl halides is 3. The Labute approximate surface area is 112 Å². The van der Waals surface area contributed by atoms with Crippen LogP contribution in [0.1, 0.15) is 24.5 Å². The molecule has 0 aliphatic carbocycles. The van der Waals surface area contributed by atoms with E-state index in [0.717, 1.165) is 6.42 Å². The van der Waals surface area contributed by atoms with Crippen LogP contribution in [0.15, 0.2) is 12.1 Å². The van der Waals surface area contributed by atoms with Gasteiger partial charge < -0.3 is 11.1 Å². The van der Waals surface area contributed by atoms with Crippen molar-refractivity contribution < 1.29 is 22.0 Å². The van der Waals surface area contributed by atoms with Gasteiger partial charge in [0.05, 0.1) is 5.56 Å². The van der Waals surface area contributed by atoms with Gasteiger partial charge in [0.1, 0.15) is 17.2 Å². The van der Waals surface area contributed by atoms with E-state index in [1.807, 2.05) is 6.92 Å². The van der Waals surface area contributed by atoms with Crippen molar-refractivity contribution in [2.75, 3.05) is 12.3 Å². The molecule has 0 fully saturated rings. The first-order valence-corrected chi connectivity index (χ1v) is 6.02. The average Bonchev–Trinajstić information content (AvgIpc) is 2.25. The fourth-order valence-electron chi connectivity index (χ4n) is 2.20. The van der Waals surface area contributed by atoms with Crippen LogP contribution in [-0.2, 0) is 6.18 Å². The van der Waals surface area contributed by atoms with E-state index in [-0.39, 0.29) is 17.3 Å². The number of hydrogen-bond donors (Lipinski definition) is 2. The van der Waals surface area contributed by atoms with Crippen molar-refractivity contribution in [3.05, 3.63) is 34.9 Å². The Morgan fingerprint density at radius 2 is 1.95 bits per heavy atom. The molecule has 7 heteroatoms. The van der Waals surface area contributed by atoms with Crippen molar-refractivity contribution in [2.24, 2.45) is 5.92 Å². The third-order valence-electron chi connectivity index (χ3n) is 3.17. The SMILES string of the molecule is CC1C=C(c2c(N)cc(F)c(C(F)(F)F)c2F)NCC1. The van der Waals surface area contributed by atoms with E-state index in [1.54, 1.807) is 6.08 Å². The first-order valence-electron chi connectivity index (χ1n) is 6.02. The Bertz CT molecular complexity index is 563. The summed E-state index contributed by atoms with van der Waals surface area (Å²) in [7, 11) is 0. The molecule has 0 saturated heterocycles. The van der Waals surface area contributed by atoms with E-state index in [9.17, 15) is 22.0 Å². The van der Waals surface area contributed by atoms with Crippen molar-refractivity contribution in [3.63, 3.8) is 0 Å². The predicted molar refractivity (Wildman–Crippen MR) is 65.5 cm³/mol. The molecule has 1 atom stereocenters. The highest BCUT2D eigenvalue weighted by Gasteiger charge is 2.40. The van der Waals surface area contributed by atoms with E-state index >= 15 is 0 Å². The minimum absolute atomic E-state index is 0.0736. The van der Waals surface area contributed by atoms with E-state index < -0.39 is 28.9 Å². The summed E-state index contributed by atoms with van der Waals surface area (Å²) in [6.45, 7) is 2.34. The van der Waals surface area contributed by atoms with Crippen LogP contribution in [0.4, 0.5) is 27.6 Å². The molecular weight excluding hydrogens is 279 g/mol. The first kappa shape index (κ1) is 14.6. The number of anilines is 1. The van der Waals surface area contributed by atoms with Crippen LogP contribution in [0.3, 0.4) is 0 Å². The Kier molecular flexibility index (Phi) is 3.62.